The first-order valence-electron chi connectivity index (χ1n) is 9.64. The molecule has 0 N–H and O–H groups in total. The molecular formula is C20H39P. The SMILES string of the molecule is CC(C)[C@@H]1CC[C@@H](C)C[C@H]1P[C@@H]1C[C@H](C)CC[C@H]1C(C)C. The van der Waals surface area contributed by atoms with Gasteiger partial charge in [-0.3, -0.25) is 0 Å². The highest BCUT2D eigenvalue weighted by Gasteiger charge is 2.37. The molecule has 2 fully saturated rings. The van der Waals surface area contributed by atoms with E-state index in [1.54, 1.807) is 0 Å². The third kappa shape index (κ3) is 4.70. The minimum atomic E-state index is 0.897. The van der Waals surface area contributed by atoms with Gasteiger partial charge in [0.05, 0.1) is 0 Å². The lowest BCUT2D eigenvalue weighted by Crippen LogP contribution is -2.35. The molecule has 0 aliphatic heterocycles. The van der Waals surface area contributed by atoms with Crippen LogP contribution in [0.4, 0.5) is 0 Å². The summed E-state index contributed by atoms with van der Waals surface area (Å²) in [7, 11) is 1.25. The van der Waals surface area contributed by atoms with E-state index >= 15 is 0 Å². The van der Waals surface area contributed by atoms with Gasteiger partial charge in [-0.1, -0.05) is 54.4 Å². The topological polar surface area (TPSA) is 0 Å². The number of rotatable bonds is 4. The molecule has 0 aromatic rings. The van der Waals surface area contributed by atoms with Crippen LogP contribution in [0.3, 0.4) is 0 Å². The fraction of sp³-hybridized carbons (Fsp3) is 1.00. The molecular weight excluding hydrogens is 271 g/mol. The molecule has 0 amide bonds. The predicted molar refractivity (Wildman–Crippen MR) is 98.6 cm³/mol. The first-order valence-corrected chi connectivity index (χ1v) is 10.8. The minimum absolute atomic E-state index is 0.897. The molecule has 0 aromatic carbocycles. The second-order valence-electron chi connectivity index (χ2n) is 9.03. The minimum Gasteiger partial charge on any atom is -0.115 e. The maximum atomic E-state index is 2.50. The first-order chi connectivity index (χ1) is 9.88. The smallest absolute Gasteiger partial charge is 0.0201 e. The van der Waals surface area contributed by atoms with Gasteiger partial charge in [-0.25, -0.2) is 0 Å². The molecule has 1 heteroatoms. The molecule has 0 nitrogen and oxygen atoms in total. The Bertz CT molecular complexity index is 279. The van der Waals surface area contributed by atoms with Gasteiger partial charge in [-0.15, -0.1) is 8.58 Å². The largest absolute Gasteiger partial charge is 0.115 e. The predicted octanol–water partition coefficient (Wildman–Crippen LogP) is 6.59. The average Bonchev–Trinajstić information content (AvgIpc) is 2.38. The van der Waals surface area contributed by atoms with Crippen LogP contribution in [-0.2, 0) is 0 Å². The van der Waals surface area contributed by atoms with Gasteiger partial charge in [0.1, 0.15) is 0 Å². The standard InChI is InChI=1S/C20H39P/c1-13(2)17-9-7-15(5)11-19(17)21-20-12-16(6)8-10-18(20)14(3)4/h13-21H,7-12H2,1-6H3/t15-,16-,17+,18+,19-,20-/m1/s1. The van der Waals surface area contributed by atoms with Crippen molar-refractivity contribution < 1.29 is 0 Å². The lowest BCUT2D eigenvalue weighted by Gasteiger charge is -2.44. The molecule has 2 aliphatic carbocycles. The normalized spacial score (nSPS) is 41.7. The van der Waals surface area contributed by atoms with Gasteiger partial charge >= 0.3 is 0 Å². The summed E-state index contributed by atoms with van der Waals surface area (Å²) in [5.41, 5.74) is 2.09. The van der Waals surface area contributed by atoms with Crippen LogP contribution in [-0.4, -0.2) is 11.3 Å². The van der Waals surface area contributed by atoms with E-state index in [9.17, 15) is 0 Å². The fourth-order valence-corrected chi connectivity index (χ4v) is 8.29. The van der Waals surface area contributed by atoms with E-state index in [0.29, 0.717) is 0 Å². The van der Waals surface area contributed by atoms with Gasteiger partial charge < -0.3 is 0 Å². The Hall–Kier alpha value is 0.430. The molecule has 0 heterocycles. The van der Waals surface area contributed by atoms with Crippen molar-refractivity contribution in [3.8, 4) is 0 Å². The molecule has 0 spiro atoms. The molecule has 2 saturated carbocycles. The van der Waals surface area contributed by atoms with Gasteiger partial charge in [0.15, 0.2) is 0 Å². The average molecular weight is 311 g/mol. The third-order valence-electron chi connectivity index (χ3n) is 6.47. The summed E-state index contributed by atoms with van der Waals surface area (Å²) in [6.45, 7) is 14.9. The van der Waals surface area contributed by atoms with Crippen LogP contribution in [0, 0.1) is 35.5 Å². The Labute approximate surface area is 136 Å². The van der Waals surface area contributed by atoms with Crippen molar-refractivity contribution in [1.29, 1.82) is 0 Å². The molecule has 2 rings (SSSR count). The Balaban J connectivity index is 2.04. The summed E-state index contributed by atoms with van der Waals surface area (Å²) in [6.07, 6.45) is 9.03. The maximum absolute atomic E-state index is 2.50. The van der Waals surface area contributed by atoms with Crippen LogP contribution in [0.15, 0.2) is 0 Å². The van der Waals surface area contributed by atoms with Crippen molar-refractivity contribution in [2.45, 2.75) is 91.4 Å². The van der Waals surface area contributed by atoms with Crippen molar-refractivity contribution in [3.63, 3.8) is 0 Å². The molecule has 124 valence electrons. The van der Waals surface area contributed by atoms with Gasteiger partial charge in [0.2, 0.25) is 0 Å². The molecule has 2 aliphatic rings. The summed E-state index contributed by atoms with van der Waals surface area (Å²) < 4.78 is 0. The Morgan fingerprint density at radius 1 is 0.667 bits per heavy atom. The highest BCUT2D eigenvalue weighted by molar-refractivity contribution is 7.39. The van der Waals surface area contributed by atoms with E-state index in [1.807, 2.05) is 0 Å². The van der Waals surface area contributed by atoms with Crippen molar-refractivity contribution >= 4 is 8.58 Å². The number of hydrogen-bond donors (Lipinski definition) is 0. The molecule has 0 radical (unpaired) electrons. The zero-order valence-corrected chi connectivity index (χ0v) is 16.4. The lowest BCUT2D eigenvalue weighted by atomic mass is 9.76. The van der Waals surface area contributed by atoms with Crippen molar-refractivity contribution in [2.75, 3.05) is 0 Å². The zero-order chi connectivity index (χ0) is 15.6. The van der Waals surface area contributed by atoms with E-state index < -0.39 is 0 Å². The van der Waals surface area contributed by atoms with E-state index in [1.165, 1.54) is 47.1 Å². The van der Waals surface area contributed by atoms with Crippen LogP contribution in [0.25, 0.3) is 0 Å². The van der Waals surface area contributed by atoms with Crippen LogP contribution < -0.4 is 0 Å². The Morgan fingerprint density at radius 2 is 1.05 bits per heavy atom. The fourth-order valence-electron chi connectivity index (χ4n) is 5.06. The third-order valence-corrected chi connectivity index (χ3v) is 8.66. The summed E-state index contributed by atoms with van der Waals surface area (Å²) in [4.78, 5) is 0. The van der Waals surface area contributed by atoms with Crippen LogP contribution in [0.1, 0.15) is 80.1 Å². The molecule has 0 aromatic heterocycles. The molecule has 0 unspecified atom stereocenters. The summed E-state index contributed by atoms with van der Waals surface area (Å²) in [6, 6.07) is 0. The van der Waals surface area contributed by atoms with Crippen LogP contribution >= 0.6 is 8.58 Å². The highest BCUT2D eigenvalue weighted by atomic mass is 31.1. The van der Waals surface area contributed by atoms with E-state index in [2.05, 4.69) is 41.5 Å². The molecule has 0 bridgehead atoms. The quantitative estimate of drug-likeness (QED) is 0.514. The van der Waals surface area contributed by atoms with Crippen molar-refractivity contribution in [1.82, 2.24) is 0 Å². The van der Waals surface area contributed by atoms with Crippen molar-refractivity contribution in [2.24, 2.45) is 35.5 Å². The Kier molecular flexibility index (Phi) is 6.61. The van der Waals surface area contributed by atoms with Gasteiger partial charge in [0.25, 0.3) is 0 Å². The first kappa shape index (κ1) is 17.8. The second-order valence-corrected chi connectivity index (χ2v) is 10.8. The second kappa shape index (κ2) is 7.81. The number of hydrogen-bond acceptors (Lipinski definition) is 0. The Morgan fingerprint density at radius 3 is 1.38 bits per heavy atom. The summed E-state index contributed by atoms with van der Waals surface area (Å²) in [5, 5.41) is 0. The highest BCUT2D eigenvalue weighted by Crippen LogP contribution is 2.51. The molecule has 0 saturated heterocycles. The lowest BCUT2D eigenvalue weighted by molar-refractivity contribution is 0.226. The van der Waals surface area contributed by atoms with Gasteiger partial charge in [-0.2, -0.15) is 0 Å². The van der Waals surface area contributed by atoms with Crippen LogP contribution in [0.5, 0.6) is 0 Å². The van der Waals surface area contributed by atoms with E-state index in [-0.39, 0.29) is 0 Å². The summed E-state index contributed by atoms with van der Waals surface area (Å²) in [5.74, 6) is 5.79. The monoisotopic (exact) mass is 310 g/mol. The zero-order valence-electron chi connectivity index (χ0n) is 15.4. The van der Waals surface area contributed by atoms with E-state index in [0.717, 1.165) is 46.8 Å². The summed E-state index contributed by atoms with van der Waals surface area (Å²) >= 11 is 0. The molecule has 6 atom stereocenters. The maximum Gasteiger partial charge on any atom is -0.0201 e. The van der Waals surface area contributed by atoms with Gasteiger partial charge in [0, 0.05) is 0 Å². The van der Waals surface area contributed by atoms with Gasteiger partial charge in [-0.05, 0) is 72.5 Å². The van der Waals surface area contributed by atoms with Crippen LogP contribution in [0.2, 0.25) is 0 Å². The van der Waals surface area contributed by atoms with Crippen molar-refractivity contribution in [3.05, 3.63) is 0 Å². The van der Waals surface area contributed by atoms with E-state index in [4.69, 9.17) is 0 Å². The molecule has 21 heavy (non-hydrogen) atoms.